The maximum absolute atomic E-state index is 12.4. The Kier molecular flexibility index (Phi) is 3.11. The van der Waals surface area contributed by atoms with Gasteiger partial charge in [-0.05, 0) is 31.1 Å². The molecule has 0 bridgehead atoms. The van der Waals surface area contributed by atoms with Gasteiger partial charge in [-0.1, -0.05) is 18.9 Å². The molecular formula is C14H18N2O2S. The van der Waals surface area contributed by atoms with E-state index in [2.05, 4.69) is 5.32 Å². The van der Waals surface area contributed by atoms with Crippen LogP contribution in [0.1, 0.15) is 31.2 Å². The Bertz CT molecular complexity index is 629. The van der Waals surface area contributed by atoms with E-state index >= 15 is 0 Å². The first-order valence-electron chi connectivity index (χ1n) is 6.66. The molecule has 0 amide bonds. The van der Waals surface area contributed by atoms with E-state index in [1.165, 1.54) is 12.8 Å². The molecule has 1 fully saturated rings. The maximum atomic E-state index is 12.4. The zero-order valence-corrected chi connectivity index (χ0v) is 11.5. The van der Waals surface area contributed by atoms with E-state index in [1.54, 1.807) is 24.3 Å². The molecule has 5 heteroatoms. The summed E-state index contributed by atoms with van der Waals surface area (Å²) >= 11 is 0. The maximum Gasteiger partial charge on any atom is 0.204 e. The van der Waals surface area contributed by atoms with Crippen LogP contribution in [0.4, 0.5) is 5.69 Å². The predicted molar refractivity (Wildman–Crippen MR) is 76.3 cm³/mol. The third kappa shape index (κ3) is 2.17. The van der Waals surface area contributed by atoms with Gasteiger partial charge in [-0.15, -0.1) is 0 Å². The molecule has 4 nitrogen and oxygen atoms in total. The van der Waals surface area contributed by atoms with Gasteiger partial charge >= 0.3 is 0 Å². The van der Waals surface area contributed by atoms with E-state index in [0.717, 1.165) is 12.8 Å². The molecule has 3 N–H and O–H groups in total. The lowest BCUT2D eigenvalue weighted by molar-refractivity contribution is 0.550. The molecule has 2 aliphatic rings. The van der Waals surface area contributed by atoms with Crippen molar-refractivity contribution in [1.29, 1.82) is 0 Å². The smallest absolute Gasteiger partial charge is 0.204 e. The third-order valence-electron chi connectivity index (χ3n) is 3.96. The normalized spacial score (nSPS) is 21.4. The van der Waals surface area contributed by atoms with Gasteiger partial charge in [-0.3, -0.25) is 0 Å². The average molecular weight is 278 g/mol. The quantitative estimate of drug-likeness (QED) is 0.829. The lowest BCUT2D eigenvalue weighted by Gasteiger charge is -2.12. The summed E-state index contributed by atoms with van der Waals surface area (Å²) in [7, 11) is -3.34. The van der Waals surface area contributed by atoms with Crippen molar-refractivity contribution in [2.45, 2.75) is 36.6 Å². The van der Waals surface area contributed by atoms with E-state index in [1.807, 2.05) is 0 Å². The second-order valence-corrected chi connectivity index (χ2v) is 7.21. The molecular weight excluding hydrogens is 260 g/mol. The van der Waals surface area contributed by atoms with Crippen LogP contribution in [0.25, 0.3) is 6.08 Å². The Labute approximate surface area is 113 Å². The standard InChI is InChI=1S/C14H18N2O2S/c15-13-6-3-7-14-12(13)8-11(19(14,17)18)9-16-10-4-1-2-5-10/h3,6-8,10,16H,1-2,4-5,9,15H2. The number of hydrogen-bond acceptors (Lipinski definition) is 4. The highest BCUT2D eigenvalue weighted by molar-refractivity contribution is 7.95. The van der Waals surface area contributed by atoms with E-state index in [4.69, 9.17) is 5.73 Å². The minimum Gasteiger partial charge on any atom is -0.398 e. The van der Waals surface area contributed by atoms with Gasteiger partial charge in [0.2, 0.25) is 9.84 Å². The molecule has 0 radical (unpaired) electrons. The van der Waals surface area contributed by atoms with E-state index in [9.17, 15) is 8.42 Å². The van der Waals surface area contributed by atoms with Crippen LogP contribution in [0.5, 0.6) is 0 Å². The molecule has 1 saturated carbocycles. The SMILES string of the molecule is Nc1cccc2c1C=C(CNC1CCCC1)S2(=O)=O. The van der Waals surface area contributed by atoms with Crippen LogP contribution >= 0.6 is 0 Å². The second-order valence-electron chi connectivity index (χ2n) is 5.24. The van der Waals surface area contributed by atoms with Crippen LogP contribution in [0.3, 0.4) is 0 Å². The van der Waals surface area contributed by atoms with Crippen molar-refractivity contribution in [1.82, 2.24) is 5.32 Å². The van der Waals surface area contributed by atoms with Gasteiger partial charge in [0, 0.05) is 23.8 Å². The summed E-state index contributed by atoms with van der Waals surface area (Å²) in [6.07, 6.45) is 6.46. The summed E-state index contributed by atoms with van der Waals surface area (Å²) in [6, 6.07) is 5.50. The van der Waals surface area contributed by atoms with Gasteiger partial charge in [0.05, 0.1) is 9.80 Å². The van der Waals surface area contributed by atoms with E-state index in [-0.39, 0.29) is 0 Å². The number of fused-ring (bicyclic) bond motifs is 1. The molecule has 1 aromatic carbocycles. The lowest BCUT2D eigenvalue weighted by atomic mass is 10.1. The first-order valence-corrected chi connectivity index (χ1v) is 8.15. The molecule has 1 aliphatic carbocycles. The first-order chi connectivity index (χ1) is 9.09. The van der Waals surface area contributed by atoms with Gasteiger partial charge in [-0.2, -0.15) is 0 Å². The minimum absolute atomic E-state index is 0.343. The van der Waals surface area contributed by atoms with Crippen LogP contribution in [-0.2, 0) is 9.84 Å². The fourth-order valence-electron chi connectivity index (χ4n) is 2.85. The zero-order valence-electron chi connectivity index (χ0n) is 10.7. The third-order valence-corrected chi connectivity index (χ3v) is 5.85. The summed E-state index contributed by atoms with van der Waals surface area (Å²) in [4.78, 5) is 0.781. The van der Waals surface area contributed by atoms with Gasteiger partial charge in [0.1, 0.15) is 0 Å². The molecule has 3 rings (SSSR count). The zero-order chi connectivity index (χ0) is 13.5. The first kappa shape index (κ1) is 12.7. The number of hydrogen-bond donors (Lipinski definition) is 2. The van der Waals surface area contributed by atoms with Crippen molar-refractivity contribution in [3.05, 3.63) is 28.7 Å². The van der Waals surface area contributed by atoms with E-state index in [0.29, 0.717) is 33.6 Å². The second kappa shape index (κ2) is 4.65. The minimum atomic E-state index is -3.34. The summed E-state index contributed by atoms with van der Waals surface area (Å²) in [5, 5.41) is 3.35. The summed E-state index contributed by atoms with van der Waals surface area (Å²) in [5.74, 6) is 0. The van der Waals surface area contributed by atoms with Crippen molar-refractivity contribution in [2.75, 3.05) is 12.3 Å². The largest absolute Gasteiger partial charge is 0.398 e. The molecule has 1 heterocycles. The van der Waals surface area contributed by atoms with E-state index < -0.39 is 9.84 Å². The van der Waals surface area contributed by atoms with Crippen LogP contribution in [-0.4, -0.2) is 21.0 Å². The van der Waals surface area contributed by atoms with Crippen LogP contribution in [0, 0.1) is 0 Å². The van der Waals surface area contributed by atoms with Gasteiger partial charge in [-0.25, -0.2) is 8.42 Å². The van der Waals surface area contributed by atoms with Gasteiger partial charge in [0.25, 0.3) is 0 Å². The number of benzene rings is 1. The fraction of sp³-hybridized carbons (Fsp3) is 0.429. The van der Waals surface area contributed by atoms with Crippen molar-refractivity contribution in [3.8, 4) is 0 Å². The molecule has 102 valence electrons. The number of nitrogens with two attached hydrogens (primary N) is 1. The van der Waals surface area contributed by atoms with Crippen LogP contribution < -0.4 is 11.1 Å². The monoisotopic (exact) mass is 278 g/mol. The molecule has 0 unspecified atom stereocenters. The van der Waals surface area contributed by atoms with Crippen molar-refractivity contribution < 1.29 is 8.42 Å². The molecule has 0 aromatic heterocycles. The Morgan fingerprint density at radius 2 is 2.00 bits per heavy atom. The molecule has 1 aromatic rings. The van der Waals surface area contributed by atoms with Crippen molar-refractivity contribution in [2.24, 2.45) is 0 Å². The topological polar surface area (TPSA) is 72.2 Å². The average Bonchev–Trinajstić information content (AvgIpc) is 2.96. The molecule has 0 atom stereocenters. The number of anilines is 1. The number of rotatable bonds is 3. The molecule has 0 spiro atoms. The fourth-order valence-corrected chi connectivity index (χ4v) is 4.40. The lowest BCUT2D eigenvalue weighted by Crippen LogP contribution is -2.29. The Morgan fingerprint density at radius 3 is 2.68 bits per heavy atom. The molecule has 0 saturated heterocycles. The summed E-state index contributed by atoms with van der Waals surface area (Å²) < 4.78 is 24.8. The highest BCUT2D eigenvalue weighted by Crippen LogP contribution is 2.35. The van der Waals surface area contributed by atoms with Crippen LogP contribution in [0.15, 0.2) is 28.0 Å². The molecule has 1 aliphatic heterocycles. The van der Waals surface area contributed by atoms with Crippen molar-refractivity contribution in [3.63, 3.8) is 0 Å². The van der Waals surface area contributed by atoms with Gasteiger partial charge in [0.15, 0.2) is 0 Å². The number of sulfone groups is 1. The Morgan fingerprint density at radius 1 is 1.26 bits per heavy atom. The predicted octanol–water partition coefficient (Wildman–Crippen LogP) is 1.93. The number of nitrogens with one attached hydrogen (secondary N) is 1. The summed E-state index contributed by atoms with van der Waals surface area (Å²) in [5.41, 5.74) is 7.01. The van der Waals surface area contributed by atoms with Crippen molar-refractivity contribution >= 4 is 21.6 Å². The Hall–Kier alpha value is -1.33. The Balaban J connectivity index is 1.84. The van der Waals surface area contributed by atoms with Gasteiger partial charge < -0.3 is 11.1 Å². The molecule has 19 heavy (non-hydrogen) atoms. The summed E-state index contributed by atoms with van der Waals surface area (Å²) in [6.45, 7) is 0.404. The highest BCUT2D eigenvalue weighted by atomic mass is 32.2. The van der Waals surface area contributed by atoms with Crippen LogP contribution in [0.2, 0.25) is 0 Å². The highest BCUT2D eigenvalue weighted by Gasteiger charge is 2.30. The number of nitrogen functional groups attached to an aromatic ring is 1.